The van der Waals surface area contributed by atoms with E-state index in [9.17, 15) is 9.90 Å². The highest BCUT2D eigenvalue weighted by Gasteiger charge is 2.43. The van der Waals surface area contributed by atoms with Crippen LogP contribution in [0.1, 0.15) is 36.0 Å². The highest BCUT2D eigenvalue weighted by Crippen LogP contribution is 2.45. The minimum Gasteiger partial charge on any atom is -0.393 e. The van der Waals surface area contributed by atoms with Crippen molar-refractivity contribution in [2.45, 2.75) is 37.8 Å². The first-order chi connectivity index (χ1) is 10.6. The first-order valence-corrected chi connectivity index (χ1v) is 8.15. The van der Waals surface area contributed by atoms with Crippen LogP contribution in [0.15, 0.2) is 30.5 Å². The number of para-hydroxylation sites is 1. The first-order valence-electron chi connectivity index (χ1n) is 8.15. The van der Waals surface area contributed by atoms with E-state index < -0.39 is 0 Å². The van der Waals surface area contributed by atoms with Crippen molar-refractivity contribution in [2.75, 3.05) is 7.05 Å². The van der Waals surface area contributed by atoms with Crippen LogP contribution in [0.2, 0.25) is 0 Å². The number of nitrogens with zero attached hydrogens (tertiary/aromatic N) is 1. The molecule has 1 aromatic carbocycles. The van der Waals surface area contributed by atoms with Gasteiger partial charge in [0.2, 0.25) is 0 Å². The van der Waals surface area contributed by atoms with Crippen molar-refractivity contribution in [1.29, 1.82) is 0 Å². The van der Waals surface area contributed by atoms with Crippen molar-refractivity contribution >= 4 is 16.8 Å². The number of fused-ring (bicyclic) bond motifs is 2. The van der Waals surface area contributed by atoms with Crippen LogP contribution in [0.3, 0.4) is 0 Å². The Hall–Kier alpha value is -1.81. The second kappa shape index (κ2) is 5.13. The monoisotopic (exact) mass is 298 g/mol. The van der Waals surface area contributed by atoms with E-state index in [0.717, 1.165) is 42.1 Å². The van der Waals surface area contributed by atoms with Crippen LogP contribution in [0.5, 0.6) is 0 Å². The number of hydrogen-bond acceptors (Lipinski definition) is 2. The predicted octanol–water partition coefficient (Wildman–Crippen LogP) is 2.79. The molecule has 1 amide bonds. The largest absolute Gasteiger partial charge is 0.393 e. The van der Waals surface area contributed by atoms with Crippen LogP contribution in [-0.2, 0) is 0 Å². The molecule has 4 heteroatoms. The first kappa shape index (κ1) is 13.8. The van der Waals surface area contributed by atoms with Crippen LogP contribution in [0, 0.1) is 11.8 Å². The maximum absolute atomic E-state index is 12.9. The van der Waals surface area contributed by atoms with Gasteiger partial charge >= 0.3 is 0 Å². The maximum atomic E-state index is 12.9. The molecule has 4 atom stereocenters. The molecular weight excluding hydrogens is 276 g/mol. The number of amides is 1. The lowest BCUT2D eigenvalue weighted by Crippen LogP contribution is -2.36. The van der Waals surface area contributed by atoms with Gasteiger partial charge in [-0.15, -0.1) is 0 Å². The van der Waals surface area contributed by atoms with Gasteiger partial charge in [-0.2, -0.15) is 0 Å². The summed E-state index contributed by atoms with van der Waals surface area (Å²) in [6.07, 6.45) is 5.65. The van der Waals surface area contributed by atoms with Gasteiger partial charge < -0.3 is 15.0 Å². The number of aliphatic hydroxyl groups is 1. The Balaban J connectivity index is 1.55. The lowest BCUT2D eigenvalue weighted by molar-refractivity contribution is 0.0724. The molecule has 1 aromatic heterocycles. The molecule has 116 valence electrons. The van der Waals surface area contributed by atoms with Gasteiger partial charge in [0.25, 0.3) is 5.91 Å². The second-order valence-corrected chi connectivity index (χ2v) is 6.93. The zero-order chi connectivity index (χ0) is 15.3. The molecular formula is C18H22N2O2. The van der Waals surface area contributed by atoms with Crippen LogP contribution in [-0.4, -0.2) is 40.1 Å². The molecule has 2 aromatic rings. The fourth-order valence-electron chi connectivity index (χ4n) is 4.49. The molecule has 1 heterocycles. The van der Waals surface area contributed by atoms with Gasteiger partial charge in [-0.05, 0) is 49.7 Å². The van der Waals surface area contributed by atoms with Crippen molar-refractivity contribution in [3.05, 3.63) is 36.0 Å². The Labute approximate surface area is 130 Å². The third kappa shape index (κ3) is 2.13. The summed E-state index contributed by atoms with van der Waals surface area (Å²) < 4.78 is 0. The molecule has 0 saturated heterocycles. The molecule has 0 bridgehead atoms. The topological polar surface area (TPSA) is 56.3 Å². The number of aliphatic hydroxyl groups excluding tert-OH is 1. The summed E-state index contributed by atoms with van der Waals surface area (Å²) in [7, 11) is 1.92. The minimum atomic E-state index is -0.121. The van der Waals surface area contributed by atoms with E-state index in [-0.39, 0.29) is 12.0 Å². The molecule has 4 rings (SSSR count). The van der Waals surface area contributed by atoms with Gasteiger partial charge in [0.05, 0.1) is 17.2 Å². The average molecular weight is 298 g/mol. The number of carbonyl (C=O) groups is 1. The molecule has 0 radical (unpaired) electrons. The van der Waals surface area contributed by atoms with Gasteiger partial charge in [-0.1, -0.05) is 12.1 Å². The average Bonchev–Trinajstić information content (AvgIpc) is 3.18. The number of aromatic amines is 1. The molecule has 2 fully saturated rings. The van der Waals surface area contributed by atoms with Gasteiger partial charge in [-0.3, -0.25) is 4.79 Å². The third-order valence-corrected chi connectivity index (χ3v) is 5.65. The molecule has 2 N–H and O–H groups in total. The van der Waals surface area contributed by atoms with E-state index in [4.69, 9.17) is 0 Å². The summed E-state index contributed by atoms with van der Waals surface area (Å²) in [4.78, 5) is 18.0. The van der Waals surface area contributed by atoms with E-state index >= 15 is 0 Å². The Morgan fingerprint density at radius 3 is 2.64 bits per heavy atom. The van der Waals surface area contributed by atoms with Crippen molar-refractivity contribution in [3.63, 3.8) is 0 Å². The Morgan fingerprint density at radius 1 is 1.18 bits per heavy atom. The highest BCUT2D eigenvalue weighted by atomic mass is 16.3. The predicted molar refractivity (Wildman–Crippen MR) is 85.6 cm³/mol. The van der Waals surface area contributed by atoms with Gasteiger partial charge in [0.1, 0.15) is 0 Å². The van der Waals surface area contributed by atoms with E-state index in [1.54, 1.807) is 0 Å². The third-order valence-electron chi connectivity index (χ3n) is 5.65. The van der Waals surface area contributed by atoms with Crippen LogP contribution < -0.4 is 0 Å². The fraction of sp³-hybridized carbons (Fsp3) is 0.500. The summed E-state index contributed by atoms with van der Waals surface area (Å²) in [5.74, 6) is 1.28. The van der Waals surface area contributed by atoms with Crippen LogP contribution in [0.25, 0.3) is 10.9 Å². The number of H-pyrrole nitrogens is 1. The smallest absolute Gasteiger partial charge is 0.255 e. The minimum absolute atomic E-state index is 0.0959. The zero-order valence-corrected chi connectivity index (χ0v) is 12.8. The number of aromatic nitrogens is 1. The Bertz CT molecular complexity index is 694. The van der Waals surface area contributed by atoms with Crippen LogP contribution in [0.4, 0.5) is 0 Å². The van der Waals surface area contributed by atoms with Gasteiger partial charge in [0.15, 0.2) is 0 Å². The molecule has 2 saturated carbocycles. The standard InChI is InChI=1S/C18H22N2O2/c1-20(14-7-12-9-15(21)10-13(12)8-14)18(22)16-4-2-3-11-5-6-19-17(11)16/h2-6,12-15,19,21H,7-10H2,1H3/t12-,13+,14?,15?. The number of hydrogen-bond donors (Lipinski definition) is 2. The van der Waals surface area contributed by atoms with E-state index in [1.165, 1.54) is 0 Å². The summed E-state index contributed by atoms with van der Waals surface area (Å²) in [5, 5.41) is 10.8. The lowest BCUT2D eigenvalue weighted by atomic mass is 10.0. The summed E-state index contributed by atoms with van der Waals surface area (Å²) in [5.41, 5.74) is 1.68. The summed E-state index contributed by atoms with van der Waals surface area (Å²) in [6, 6.07) is 8.16. The molecule has 0 aliphatic heterocycles. The van der Waals surface area contributed by atoms with Gasteiger partial charge in [0, 0.05) is 24.7 Å². The number of nitrogens with one attached hydrogen (secondary N) is 1. The van der Waals surface area contributed by atoms with E-state index in [2.05, 4.69) is 4.98 Å². The molecule has 2 aliphatic carbocycles. The second-order valence-electron chi connectivity index (χ2n) is 6.93. The SMILES string of the molecule is CN(C(=O)c1cccc2cc[nH]c12)C1C[C@H]2CC(O)C[C@H]2C1. The van der Waals surface area contributed by atoms with Crippen molar-refractivity contribution in [3.8, 4) is 0 Å². The maximum Gasteiger partial charge on any atom is 0.255 e. The summed E-state index contributed by atoms with van der Waals surface area (Å²) >= 11 is 0. The van der Waals surface area contributed by atoms with E-state index in [1.807, 2.05) is 42.4 Å². The fourth-order valence-corrected chi connectivity index (χ4v) is 4.49. The van der Waals surface area contributed by atoms with Crippen molar-refractivity contribution < 1.29 is 9.90 Å². The number of rotatable bonds is 2. The van der Waals surface area contributed by atoms with Crippen LogP contribution >= 0.6 is 0 Å². The molecule has 0 spiro atoms. The lowest BCUT2D eigenvalue weighted by Gasteiger charge is -2.26. The highest BCUT2D eigenvalue weighted by molar-refractivity contribution is 6.05. The Morgan fingerprint density at radius 2 is 1.91 bits per heavy atom. The summed E-state index contributed by atoms with van der Waals surface area (Å²) in [6.45, 7) is 0. The van der Waals surface area contributed by atoms with Crippen molar-refractivity contribution in [1.82, 2.24) is 9.88 Å². The van der Waals surface area contributed by atoms with E-state index in [0.29, 0.717) is 17.9 Å². The quantitative estimate of drug-likeness (QED) is 0.895. The number of benzene rings is 1. The van der Waals surface area contributed by atoms with Gasteiger partial charge in [-0.25, -0.2) is 0 Å². The Kier molecular flexibility index (Phi) is 3.22. The normalized spacial score (nSPS) is 30.6. The molecule has 2 unspecified atom stereocenters. The molecule has 4 nitrogen and oxygen atoms in total. The number of carbonyl (C=O) groups excluding carboxylic acids is 1. The van der Waals surface area contributed by atoms with Crippen molar-refractivity contribution in [2.24, 2.45) is 11.8 Å². The molecule has 2 aliphatic rings. The molecule has 22 heavy (non-hydrogen) atoms. The zero-order valence-electron chi connectivity index (χ0n) is 12.8.